The number of urea groups is 1. The number of amides is 2. The first-order valence-electron chi connectivity index (χ1n) is 6.08. The van der Waals surface area contributed by atoms with Crippen molar-refractivity contribution in [3.8, 4) is 0 Å². The van der Waals surface area contributed by atoms with Gasteiger partial charge < -0.3 is 20.0 Å². The Morgan fingerprint density at radius 2 is 1.44 bits per heavy atom. The van der Waals surface area contributed by atoms with E-state index in [1.165, 1.54) is 0 Å². The normalized spacial score (nSPS) is 29.8. The van der Waals surface area contributed by atoms with Gasteiger partial charge in [0.25, 0.3) is 0 Å². The molecule has 1 saturated carbocycles. The minimum Gasteiger partial charge on any atom is -0.395 e. The highest BCUT2D eigenvalue weighted by atomic mass is 16.3. The molecule has 0 aromatic heterocycles. The van der Waals surface area contributed by atoms with E-state index in [1.54, 1.807) is 9.80 Å². The number of fused-ring (bicyclic) bond motifs is 1. The number of β-amino-alcohol motifs (C(OH)–C–C–N with tert-alkyl or cyclic N) is 2. The smallest absolute Gasteiger partial charge is 0.320 e. The first-order valence-corrected chi connectivity index (χ1v) is 6.08. The average molecular weight is 228 g/mol. The highest BCUT2D eigenvalue weighted by Crippen LogP contribution is 2.33. The maximum Gasteiger partial charge on any atom is 0.320 e. The summed E-state index contributed by atoms with van der Waals surface area (Å²) in [5.74, 6) is 0. The Kier molecular flexibility index (Phi) is 3.66. The Morgan fingerprint density at radius 3 is 1.81 bits per heavy atom. The van der Waals surface area contributed by atoms with Gasteiger partial charge in [-0.25, -0.2) is 4.79 Å². The zero-order chi connectivity index (χ0) is 11.5. The van der Waals surface area contributed by atoms with Gasteiger partial charge in [0.15, 0.2) is 0 Å². The van der Waals surface area contributed by atoms with Gasteiger partial charge in [-0.2, -0.15) is 0 Å². The molecule has 2 unspecified atom stereocenters. The SMILES string of the molecule is O=C1N(CCO)C2CCCCC2N1CCO. The van der Waals surface area contributed by atoms with Crippen LogP contribution in [0, 0.1) is 0 Å². The second kappa shape index (κ2) is 5.01. The molecule has 0 bridgehead atoms. The first kappa shape index (κ1) is 11.7. The second-order valence-corrected chi connectivity index (χ2v) is 4.54. The van der Waals surface area contributed by atoms with Crippen molar-refractivity contribution >= 4 is 6.03 Å². The number of rotatable bonds is 4. The van der Waals surface area contributed by atoms with Crippen LogP contribution in [0.1, 0.15) is 25.7 Å². The van der Waals surface area contributed by atoms with Crippen molar-refractivity contribution in [1.29, 1.82) is 0 Å². The molecule has 2 rings (SSSR count). The number of hydrogen-bond acceptors (Lipinski definition) is 3. The molecule has 5 heteroatoms. The lowest BCUT2D eigenvalue weighted by Crippen LogP contribution is -2.41. The zero-order valence-electron chi connectivity index (χ0n) is 9.51. The van der Waals surface area contributed by atoms with Crippen LogP contribution in [0.25, 0.3) is 0 Å². The Labute approximate surface area is 95.6 Å². The highest BCUT2D eigenvalue weighted by Gasteiger charge is 2.45. The summed E-state index contributed by atoms with van der Waals surface area (Å²) in [7, 11) is 0. The molecule has 92 valence electrons. The summed E-state index contributed by atoms with van der Waals surface area (Å²) in [5, 5.41) is 18.0. The predicted octanol–water partition coefficient (Wildman–Crippen LogP) is 0.0198. The van der Waals surface area contributed by atoms with Crippen molar-refractivity contribution in [1.82, 2.24) is 9.80 Å². The van der Waals surface area contributed by atoms with Crippen LogP contribution in [0.3, 0.4) is 0 Å². The second-order valence-electron chi connectivity index (χ2n) is 4.54. The molecule has 2 amide bonds. The predicted molar refractivity (Wildman–Crippen MR) is 59.0 cm³/mol. The van der Waals surface area contributed by atoms with Crippen LogP contribution in [-0.4, -0.2) is 64.4 Å². The molecule has 16 heavy (non-hydrogen) atoms. The summed E-state index contributed by atoms with van der Waals surface area (Å²) in [6, 6.07) is 0.486. The van der Waals surface area contributed by atoms with Crippen molar-refractivity contribution in [2.24, 2.45) is 0 Å². The lowest BCUT2D eigenvalue weighted by molar-refractivity contribution is 0.161. The molecule has 1 heterocycles. The molecule has 2 N–H and O–H groups in total. The third kappa shape index (κ3) is 1.89. The Morgan fingerprint density at radius 1 is 1.00 bits per heavy atom. The van der Waals surface area contributed by atoms with E-state index >= 15 is 0 Å². The monoisotopic (exact) mass is 228 g/mol. The van der Waals surface area contributed by atoms with Crippen LogP contribution >= 0.6 is 0 Å². The van der Waals surface area contributed by atoms with Crippen molar-refractivity contribution in [2.45, 2.75) is 37.8 Å². The zero-order valence-corrected chi connectivity index (χ0v) is 9.51. The van der Waals surface area contributed by atoms with Gasteiger partial charge in [-0.1, -0.05) is 12.8 Å². The number of hydrogen-bond donors (Lipinski definition) is 2. The average Bonchev–Trinajstić information content (AvgIpc) is 2.56. The van der Waals surface area contributed by atoms with Gasteiger partial charge in [-0.05, 0) is 12.8 Å². The van der Waals surface area contributed by atoms with Gasteiger partial charge in [0, 0.05) is 13.1 Å². The van der Waals surface area contributed by atoms with Crippen molar-refractivity contribution in [3.63, 3.8) is 0 Å². The molecule has 1 aliphatic heterocycles. The van der Waals surface area contributed by atoms with Crippen LogP contribution in [-0.2, 0) is 0 Å². The van der Waals surface area contributed by atoms with Gasteiger partial charge >= 0.3 is 6.03 Å². The quantitative estimate of drug-likeness (QED) is 0.713. The molecule has 0 aromatic carbocycles. The Balaban J connectivity index is 2.12. The lowest BCUT2D eigenvalue weighted by Gasteiger charge is -2.31. The van der Waals surface area contributed by atoms with E-state index in [2.05, 4.69) is 0 Å². The minimum absolute atomic E-state index is 0.0139. The molecular weight excluding hydrogens is 208 g/mol. The molecule has 2 aliphatic rings. The van der Waals surface area contributed by atoms with Crippen LogP contribution in [0.2, 0.25) is 0 Å². The van der Waals surface area contributed by atoms with Crippen LogP contribution in [0.4, 0.5) is 4.79 Å². The van der Waals surface area contributed by atoms with Gasteiger partial charge in [-0.3, -0.25) is 0 Å². The third-order valence-electron chi connectivity index (χ3n) is 3.67. The molecular formula is C11H20N2O3. The minimum atomic E-state index is -0.0139. The number of nitrogens with zero attached hydrogens (tertiary/aromatic N) is 2. The molecule has 0 radical (unpaired) electrons. The third-order valence-corrected chi connectivity index (χ3v) is 3.67. The van der Waals surface area contributed by atoms with E-state index in [0.717, 1.165) is 25.7 Å². The fourth-order valence-corrected chi connectivity index (χ4v) is 3.01. The summed E-state index contributed by atoms with van der Waals surface area (Å²) in [5.41, 5.74) is 0. The van der Waals surface area contributed by atoms with Gasteiger partial charge in [0.1, 0.15) is 0 Å². The highest BCUT2D eigenvalue weighted by molar-refractivity contribution is 5.78. The summed E-state index contributed by atoms with van der Waals surface area (Å²) in [4.78, 5) is 15.6. The van der Waals surface area contributed by atoms with Crippen LogP contribution in [0.5, 0.6) is 0 Å². The maximum atomic E-state index is 12.1. The Bertz CT molecular complexity index is 236. The van der Waals surface area contributed by atoms with Crippen LogP contribution < -0.4 is 0 Å². The van der Waals surface area contributed by atoms with Crippen molar-refractivity contribution < 1.29 is 15.0 Å². The standard InChI is InChI=1S/C11H20N2O3/c14-7-5-12-9-3-1-2-4-10(9)13(6-8-15)11(12)16/h9-10,14-15H,1-8H2. The molecule has 2 atom stereocenters. The molecule has 2 fully saturated rings. The van der Waals surface area contributed by atoms with E-state index < -0.39 is 0 Å². The van der Waals surface area contributed by atoms with E-state index in [4.69, 9.17) is 10.2 Å². The molecule has 1 aliphatic carbocycles. The van der Waals surface area contributed by atoms with Crippen LogP contribution in [0.15, 0.2) is 0 Å². The largest absolute Gasteiger partial charge is 0.395 e. The number of carbonyl (C=O) groups excluding carboxylic acids is 1. The van der Waals surface area contributed by atoms with Crippen molar-refractivity contribution in [3.05, 3.63) is 0 Å². The number of aliphatic hydroxyl groups is 2. The Hall–Kier alpha value is -0.810. The summed E-state index contributed by atoms with van der Waals surface area (Å²) in [6.07, 6.45) is 4.36. The maximum absolute atomic E-state index is 12.1. The fraction of sp³-hybridized carbons (Fsp3) is 0.909. The molecule has 0 aromatic rings. The van der Waals surface area contributed by atoms with Gasteiger partial charge in [0.2, 0.25) is 0 Å². The van der Waals surface area contributed by atoms with Gasteiger partial charge in [-0.15, -0.1) is 0 Å². The number of carbonyl (C=O) groups is 1. The van der Waals surface area contributed by atoms with E-state index in [9.17, 15) is 4.79 Å². The van der Waals surface area contributed by atoms with Gasteiger partial charge in [0.05, 0.1) is 25.3 Å². The van der Waals surface area contributed by atoms with E-state index in [1.807, 2.05) is 0 Å². The topological polar surface area (TPSA) is 64.0 Å². The molecule has 0 spiro atoms. The van der Waals surface area contributed by atoms with E-state index in [-0.39, 0.29) is 31.3 Å². The summed E-state index contributed by atoms with van der Waals surface area (Å²) < 4.78 is 0. The fourth-order valence-electron chi connectivity index (χ4n) is 3.01. The van der Waals surface area contributed by atoms with E-state index in [0.29, 0.717) is 13.1 Å². The molecule has 1 saturated heterocycles. The van der Waals surface area contributed by atoms with Crippen molar-refractivity contribution in [2.75, 3.05) is 26.3 Å². The lowest BCUT2D eigenvalue weighted by atomic mass is 9.90. The summed E-state index contributed by atoms with van der Waals surface area (Å²) in [6.45, 7) is 0.869. The molecule has 5 nitrogen and oxygen atoms in total. The summed E-state index contributed by atoms with van der Waals surface area (Å²) >= 11 is 0. The number of aliphatic hydroxyl groups excluding tert-OH is 2. The first-order chi connectivity index (χ1) is 7.79.